The second-order valence-corrected chi connectivity index (χ2v) is 8.36. The highest BCUT2D eigenvalue weighted by Crippen LogP contribution is 2.30. The van der Waals surface area contributed by atoms with E-state index >= 15 is 0 Å². The lowest BCUT2D eigenvalue weighted by molar-refractivity contribution is 0.527. The molecule has 1 aromatic rings. The van der Waals surface area contributed by atoms with Gasteiger partial charge >= 0.3 is 0 Å². The molecule has 19 heavy (non-hydrogen) atoms. The first-order valence-corrected chi connectivity index (χ1v) is 8.65. The molecule has 0 bridgehead atoms. The SMILES string of the molecule is CNC(CCS(C)(=O)=O)c1ccccc1C(C)(C)C. The summed E-state index contributed by atoms with van der Waals surface area (Å²) >= 11 is 0. The Balaban J connectivity index is 3.05. The van der Waals surface area contributed by atoms with Crippen molar-refractivity contribution in [1.82, 2.24) is 5.32 Å². The summed E-state index contributed by atoms with van der Waals surface area (Å²) in [5.41, 5.74) is 2.51. The summed E-state index contributed by atoms with van der Waals surface area (Å²) in [7, 11) is -1.04. The van der Waals surface area contributed by atoms with Crippen LogP contribution in [0.25, 0.3) is 0 Å². The van der Waals surface area contributed by atoms with Crippen molar-refractivity contribution in [2.24, 2.45) is 0 Å². The van der Waals surface area contributed by atoms with Gasteiger partial charge in [0.05, 0.1) is 5.75 Å². The van der Waals surface area contributed by atoms with E-state index in [1.165, 1.54) is 17.4 Å². The van der Waals surface area contributed by atoms with Crippen LogP contribution >= 0.6 is 0 Å². The van der Waals surface area contributed by atoms with Crippen molar-refractivity contribution < 1.29 is 8.42 Å². The fraction of sp³-hybridized carbons (Fsp3) is 0.600. The third kappa shape index (κ3) is 4.96. The molecule has 1 unspecified atom stereocenters. The van der Waals surface area contributed by atoms with E-state index in [-0.39, 0.29) is 17.2 Å². The Morgan fingerprint density at radius 1 is 1.21 bits per heavy atom. The molecule has 1 rings (SSSR count). The number of hydrogen-bond donors (Lipinski definition) is 1. The van der Waals surface area contributed by atoms with Gasteiger partial charge < -0.3 is 5.32 Å². The predicted octanol–water partition coefficient (Wildman–Crippen LogP) is 2.68. The van der Waals surface area contributed by atoms with Crippen molar-refractivity contribution in [3.8, 4) is 0 Å². The molecule has 108 valence electrons. The van der Waals surface area contributed by atoms with Gasteiger partial charge in [0.1, 0.15) is 9.84 Å². The van der Waals surface area contributed by atoms with Gasteiger partial charge in [0.25, 0.3) is 0 Å². The molecule has 0 spiro atoms. The number of sulfone groups is 1. The minimum atomic E-state index is -2.93. The van der Waals surface area contributed by atoms with Gasteiger partial charge in [-0.15, -0.1) is 0 Å². The summed E-state index contributed by atoms with van der Waals surface area (Å²) in [5.74, 6) is 0.205. The minimum absolute atomic E-state index is 0.0524. The molecule has 0 amide bonds. The van der Waals surface area contributed by atoms with Crippen LogP contribution in [0.15, 0.2) is 24.3 Å². The average molecular weight is 283 g/mol. The highest BCUT2D eigenvalue weighted by molar-refractivity contribution is 7.90. The van der Waals surface area contributed by atoms with Crippen molar-refractivity contribution >= 4 is 9.84 Å². The van der Waals surface area contributed by atoms with Crippen LogP contribution in [0.1, 0.15) is 44.4 Å². The maximum absolute atomic E-state index is 11.3. The average Bonchev–Trinajstić information content (AvgIpc) is 2.27. The van der Waals surface area contributed by atoms with Gasteiger partial charge in [-0.05, 0) is 30.0 Å². The molecule has 1 N–H and O–H groups in total. The molecule has 0 saturated carbocycles. The zero-order valence-corrected chi connectivity index (χ0v) is 13.3. The smallest absolute Gasteiger partial charge is 0.147 e. The molecular formula is C15H25NO2S. The molecule has 0 aliphatic carbocycles. The standard InChI is InChI=1S/C15H25NO2S/c1-15(2,3)13-9-7-6-8-12(13)14(16-4)10-11-19(5,17)18/h6-9,14,16H,10-11H2,1-5H3. The molecule has 0 fully saturated rings. The van der Waals surface area contributed by atoms with Crippen LogP contribution in [0.4, 0.5) is 0 Å². The summed E-state index contributed by atoms with van der Waals surface area (Å²) in [4.78, 5) is 0. The van der Waals surface area contributed by atoms with Crippen LogP contribution in [0.5, 0.6) is 0 Å². The Kier molecular flexibility index (Phi) is 5.16. The maximum atomic E-state index is 11.3. The van der Waals surface area contributed by atoms with Crippen molar-refractivity contribution in [3.05, 3.63) is 35.4 Å². The zero-order chi connectivity index (χ0) is 14.7. The van der Waals surface area contributed by atoms with Crippen LogP contribution in [0.3, 0.4) is 0 Å². The first-order valence-electron chi connectivity index (χ1n) is 6.59. The van der Waals surface area contributed by atoms with Gasteiger partial charge in [0, 0.05) is 12.3 Å². The van der Waals surface area contributed by atoms with Gasteiger partial charge in [0.15, 0.2) is 0 Å². The fourth-order valence-corrected chi connectivity index (χ4v) is 2.94. The van der Waals surface area contributed by atoms with E-state index in [1.807, 2.05) is 19.2 Å². The molecule has 1 aromatic carbocycles. The quantitative estimate of drug-likeness (QED) is 0.903. The van der Waals surface area contributed by atoms with E-state index < -0.39 is 9.84 Å². The molecule has 4 heteroatoms. The Morgan fingerprint density at radius 2 is 1.79 bits per heavy atom. The Bertz CT molecular complexity index is 515. The molecule has 0 aliphatic heterocycles. The van der Waals surface area contributed by atoms with E-state index in [9.17, 15) is 8.42 Å². The largest absolute Gasteiger partial charge is 0.313 e. The maximum Gasteiger partial charge on any atom is 0.147 e. The number of hydrogen-bond acceptors (Lipinski definition) is 3. The number of rotatable bonds is 5. The van der Waals surface area contributed by atoms with E-state index in [2.05, 4.69) is 38.2 Å². The molecule has 0 aliphatic rings. The summed E-state index contributed by atoms with van der Waals surface area (Å²) in [5, 5.41) is 3.24. The summed E-state index contributed by atoms with van der Waals surface area (Å²) in [6, 6.07) is 8.33. The van der Waals surface area contributed by atoms with Crippen LogP contribution in [0, 0.1) is 0 Å². The summed E-state index contributed by atoms with van der Waals surface area (Å²) < 4.78 is 22.7. The number of benzene rings is 1. The Labute approximate surface area is 117 Å². The van der Waals surface area contributed by atoms with Crippen molar-refractivity contribution in [2.45, 2.75) is 38.6 Å². The molecule has 1 atom stereocenters. The van der Waals surface area contributed by atoms with Gasteiger partial charge in [-0.25, -0.2) is 8.42 Å². The third-order valence-corrected chi connectivity index (χ3v) is 4.25. The second kappa shape index (κ2) is 6.06. The van der Waals surface area contributed by atoms with Crippen molar-refractivity contribution in [1.29, 1.82) is 0 Å². The van der Waals surface area contributed by atoms with Crippen LogP contribution in [-0.4, -0.2) is 27.5 Å². The van der Waals surface area contributed by atoms with E-state index in [4.69, 9.17) is 0 Å². The van der Waals surface area contributed by atoms with Gasteiger partial charge in [-0.2, -0.15) is 0 Å². The van der Waals surface area contributed by atoms with E-state index in [0.717, 1.165) is 0 Å². The number of nitrogens with one attached hydrogen (secondary N) is 1. The Morgan fingerprint density at radius 3 is 2.26 bits per heavy atom. The molecule has 3 nitrogen and oxygen atoms in total. The molecule has 0 heterocycles. The topological polar surface area (TPSA) is 46.2 Å². The fourth-order valence-electron chi connectivity index (χ4n) is 2.27. The molecular weight excluding hydrogens is 258 g/mol. The van der Waals surface area contributed by atoms with Crippen LogP contribution in [-0.2, 0) is 15.3 Å². The Hall–Kier alpha value is -0.870. The lowest BCUT2D eigenvalue weighted by Crippen LogP contribution is -2.24. The first-order chi connectivity index (χ1) is 8.65. The summed E-state index contributed by atoms with van der Waals surface area (Å²) in [6.07, 6.45) is 1.89. The van der Waals surface area contributed by atoms with Gasteiger partial charge in [-0.1, -0.05) is 45.0 Å². The second-order valence-electron chi connectivity index (χ2n) is 6.10. The summed E-state index contributed by atoms with van der Waals surface area (Å²) in [6.45, 7) is 6.53. The highest BCUT2D eigenvalue weighted by Gasteiger charge is 2.22. The lowest BCUT2D eigenvalue weighted by atomic mass is 9.81. The monoisotopic (exact) mass is 283 g/mol. The third-order valence-electron chi connectivity index (χ3n) is 3.27. The first kappa shape index (κ1) is 16.2. The van der Waals surface area contributed by atoms with Gasteiger partial charge in [-0.3, -0.25) is 0 Å². The zero-order valence-electron chi connectivity index (χ0n) is 12.5. The normalized spacial score (nSPS) is 14.4. The van der Waals surface area contributed by atoms with Crippen molar-refractivity contribution in [3.63, 3.8) is 0 Å². The van der Waals surface area contributed by atoms with Crippen LogP contribution in [0.2, 0.25) is 0 Å². The van der Waals surface area contributed by atoms with Gasteiger partial charge in [0.2, 0.25) is 0 Å². The molecule has 0 aromatic heterocycles. The van der Waals surface area contributed by atoms with E-state index in [0.29, 0.717) is 6.42 Å². The highest BCUT2D eigenvalue weighted by atomic mass is 32.2. The molecule has 0 radical (unpaired) electrons. The van der Waals surface area contributed by atoms with E-state index in [1.54, 1.807) is 0 Å². The minimum Gasteiger partial charge on any atom is -0.313 e. The molecule has 0 saturated heterocycles. The van der Waals surface area contributed by atoms with Crippen LogP contribution < -0.4 is 5.32 Å². The van der Waals surface area contributed by atoms with Crippen molar-refractivity contribution in [2.75, 3.05) is 19.1 Å². The lowest BCUT2D eigenvalue weighted by Gasteiger charge is -2.27. The predicted molar refractivity (Wildman–Crippen MR) is 81.3 cm³/mol.